The van der Waals surface area contributed by atoms with Crippen LogP contribution in [-0.4, -0.2) is 18.4 Å². The maximum Gasteiger partial charge on any atom is 0.239 e. The van der Waals surface area contributed by atoms with E-state index in [2.05, 4.69) is 24.5 Å². The summed E-state index contributed by atoms with van der Waals surface area (Å²) in [5.41, 5.74) is 2.02. The van der Waals surface area contributed by atoms with E-state index in [1.54, 1.807) is 0 Å². The largest absolute Gasteiger partial charge is 0.348 e. The predicted octanol–water partition coefficient (Wildman–Crippen LogP) is 4.01. The topological polar surface area (TPSA) is 58.2 Å². The highest BCUT2D eigenvalue weighted by Crippen LogP contribution is 2.21. The van der Waals surface area contributed by atoms with Crippen molar-refractivity contribution in [2.24, 2.45) is 5.92 Å². The molecule has 1 unspecified atom stereocenters. The molecule has 0 spiro atoms. The molecule has 0 heterocycles. The Balaban J connectivity index is 1.57. The van der Waals surface area contributed by atoms with E-state index >= 15 is 0 Å². The van der Waals surface area contributed by atoms with Gasteiger partial charge in [0.2, 0.25) is 11.8 Å². The minimum Gasteiger partial charge on any atom is -0.348 e. The van der Waals surface area contributed by atoms with Crippen LogP contribution in [0.3, 0.4) is 0 Å². The zero-order chi connectivity index (χ0) is 19.9. The summed E-state index contributed by atoms with van der Waals surface area (Å²) in [6.45, 7) is 4.10. The van der Waals surface area contributed by atoms with E-state index in [4.69, 9.17) is 0 Å². The minimum atomic E-state index is -0.186. The van der Waals surface area contributed by atoms with Crippen LogP contribution in [0.15, 0.2) is 72.8 Å². The van der Waals surface area contributed by atoms with E-state index in [1.165, 1.54) is 0 Å². The van der Waals surface area contributed by atoms with Crippen LogP contribution in [0.25, 0.3) is 10.8 Å². The lowest BCUT2D eigenvalue weighted by Crippen LogP contribution is -2.40. The molecule has 0 saturated heterocycles. The van der Waals surface area contributed by atoms with E-state index < -0.39 is 0 Å². The third-order valence-electron chi connectivity index (χ3n) is 4.82. The van der Waals surface area contributed by atoms with Gasteiger partial charge in [-0.2, -0.15) is 0 Å². The SMILES string of the molecule is CC(C)C(NC(=O)CNC(=O)Cc1cccc2ccccc12)c1ccccc1. The Morgan fingerprint density at radius 2 is 1.50 bits per heavy atom. The van der Waals surface area contributed by atoms with Crippen LogP contribution in [0.1, 0.15) is 31.0 Å². The third kappa shape index (κ3) is 4.97. The van der Waals surface area contributed by atoms with Crippen molar-refractivity contribution in [3.63, 3.8) is 0 Å². The first-order chi connectivity index (χ1) is 13.5. The highest BCUT2D eigenvalue weighted by atomic mass is 16.2. The molecule has 0 aromatic heterocycles. The van der Waals surface area contributed by atoms with Crippen molar-refractivity contribution in [2.45, 2.75) is 26.3 Å². The number of carbonyl (C=O) groups is 2. The summed E-state index contributed by atoms with van der Waals surface area (Å²) in [7, 11) is 0. The number of nitrogens with one attached hydrogen (secondary N) is 2. The second-order valence-electron chi connectivity index (χ2n) is 7.29. The van der Waals surface area contributed by atoms with Crippen LogP contribution < -0.4 is 10.6 Å². The minimum absolute atomic E-state index is 0.0281. The molecule has 4 heteroatoms. The van der Waals surface area contributed by atoms with Gasteiger partial charge in [-0.25, -0.2) is 0 Å². The Bertz CT molecular complexity index is 946. The van der Waals surface area contributed by atoms with E-state index in [-0.39, 0.29) is 36.7 Å². The number of hydrogen-bond donors (Lipinski definition) is 2. The predicted molar refractivity (Wildman–Crippen MR) is 113 cm³/mol. The first-order valence-corrected chi connectivity index (χ1v) is 9.62. The molecule has 0 aliphatic carbocycles. The molecule has 144 valence electrons. The summed E-state index contributed by atoms with van der Waals surface area (Å²) >= 11 is 0. The Morgan fingerprint density at radius 1 is 0.821 bits per heavy atom. The van der Waals surface area contributed by atoms with Crippen LogP contribution in [0, 0.1) is 5.92 Å². The summed E-state index contributed by atoms with van der Waals surface area (Å²) in [6, 6.07) is 23.7. The van der Waals surface area contributed by atoms with Gasteiger partial charge in [-0.3, -0.25) is 9.59 Å². The van der Waals surface area contributed by atoms with Gasteiger partial charge in [0.05, 0.1) is 19.0 Å². The van der Waals surface area contributed by atoms with Crippen molar-refractivity contribution < 1.29 is 9.59 Å². The lowest BCUT2D eigenvalue weighted by Gasteiger charge is -2.23. The van der Waals surface area contributed by atoms with Crippen molar-refractivity contribution in [3.8, 4) is 0 Å². The quantitative estimate of drug-likeness (QED) is 0.656. The van der Waals surface area contributed by atoms with Crippen LogP contribution in [0.5, 0.6) is 0 Å². The second kappa shape index (κ2) is 9.18. The normalized spacial score (nSPS) is 12.0. The van der Waals surface area contributed by atoms with Crippen LogP contribution in [0.4, 0.5) is 0 Å². The smallest absolute Gasteiger partial charge is 0.239 e. The van der Waals surface area contributed by atoms with Crippen LogP contribution >= 0.6 is 0 Å². The molecule has 3 aromatic rings. The Kier molecular flexibility index (Phi) is 6.43. The van der Waals surface area contributed by atoms with Gasteiger partial charge >= 0.3 is 0 Å². The average molecular weight is 374 g/mol. The highest BCUT2D eigenvalue weighted by Gasteiger charge is 2.18. The van der Waals surface area contributed by atoms with Gasteiger partial charge in [0.15, 0.2) is 0 Å². The molecule has 2 N–H and O–H groups in total. The van der Waals surface area contributed by atoms with Crippen molar-refractivity contribution in [2.75, 3.05) is 6.54 Å². The summed E-state index contributed by atoms with van der Waals surface area (Å²) in [5.74, 6) is -0.0983. The third-order valence-corrected chi connectivity index (χ3v) is 4.82. The number of amides is 2. The Labute approximate surface area is 166 Å². The van der Waals surface area contributed by atoms with Gasteiger partial charge in [-0.15, -0.1) is 0 Å². The molecule has 0 fully saturated rings. The molecule has 0 aliphatic heterocycles. The van der Waals surface area contributed by atoms with E-state index in [0.717, 1.165) is 21.9 Å². The standard InChI is InChI=1S/C24H26N2O2/c1-17(2)24(19-10-4-3-5-11-19)26-23(28)16-25-22(27)15-20-13-8-12-18-9-6-7-14-21(18)20/h3-14,17,24H,15-16H2,1-2H3,(H,25,27)(H,26,28). The number of carbonyl (C=O) groups excluding carboxylic acids is 2. The summed E-state index contributed by atoms with van der Waals surface area (Å²) in [4.78, 5) is 24.7. The number of benzene rings is 3. The fraction of sp³-hybridized carbons (Fsp3) is 0.250. The average Bonchev–Trinajstić information content (AvgIpc) is 2.71. The zero-order valence-electron chi connectivity index (χ0n) is 16.3. The maximum atomic E-state index is 12.4. The van der Waals surface area contributed by atoms with Crippen molar-refractivity contribution in [1.82, 2.24) is 10.6 Å². The number of fused-ring (bicyclic) bond motifs is 1. The van der Waals surface area contributed by atoms with Gasteiger partial charge in [-0.1, -0.05) is 86.6 Å². The van der Waals surface area contributed by atoms with Crippen molar-refractivity contribution >= 4 is 22.6 Å². The van der Waals surface area contributed by atoms with Gasteiger partial charge in [0, 0.05) is 0 Å². The molecule has 0 aliphatic rings. The van der Waals surface area contributed by atoms with E-state index in [1.807, 2.05) is 72.8 Å². The molecule has 2 amide bonds. The van der Waals surface area contributed by atoms with Gasteiger partial charge in [0.1, 0.15) is 0 Å². The van der Waals surface area contributed by atoms with Crippen molar-refractivity contribution in [3.05, 3.63) is 83.9 Å². The van der Waals surface area contributed by atoms with Gasteiger partial charge in [0.25, 0.3) is 0 Å². The number of rotatable bonds is 7. The lowest BCUT2D eigenvalue weighted by molar-refractivity contribution is -0.126. The molecule has 0 saturated carbocycles. The first kappa shape index (κ1) is 19.6. The molecule has 3 aromatic carbocycles. The second-order valence-corrected chi connectivity index (χ2v) is 7.29. The fourth-order valence-corrected chi connectivity index (χ4v) is 3.38. The summed E-state index contributed by atoms with van der Waals surface area (Å²) in [5, 5.41) is 7.94. The van der Waals surface area contributed by atoms with Crippen molar-refractivity contribution in [1.29, 1.82) is 0 Å². The molecule has 28 heavy (non-hydrogen) atoms. The Hall–Kier alpha value is -3.14. The number of hydrogen-bond acceptors (Lipinski definition) is 2. The van der Waals surface area contributed by atoms with E-state index in [0.29, 0.717) is 0 Å². The highest BCUT2D eigenvalue weighted by molar-refractivity contribution is 5.91. The molecular formula is C24H26N2O2. The summed E-state index contributed by atoms with van der Waals surface area (Å²) < 4.78 is 0. The molecule has 0 bridgehead atoms. The monoisotopic (exact) mass is 374 g/mol. The van der Waals surface area contributed by atoms with Gasteiger partial charge in [-0.05, 0) is 27.8 Å². The zero-order valence-corrected chi connectivity index (χ0v) is 16.3. The van der Waals surface area contributed by atoms with Gasteiger partial charge < -0.3 is 10.6 Å². The van der Waals surface area contributed by atoms with E-state index in [9.17, 15) is 9.59 Å². The van der Waals surface area contributed by atoms with Crippen LogP contribution in [0.2, 0.25) is 0 Å². The summed E-state index contributed by atoms with van der Waals surface area (Å²) in [6.07, 6.45) is 0.251. The molecule has 1 atom stereocenters. The lowest BCUT2D eigenvalue weighted by atomic mass is 9.96. The van der Waals surface area contributed by atoms with Crippen LogP contribution in [-0.2, 0) is 16.0 Å². The molecular weight excluding hydrogens is 348 g/mol. The molecule has 3 rings (SSSR count). The first-order valence-electron chi connectivity index (χ1n) is 9.62. The Morgan fingerprint density at radius 3 is 2.25 bits per heavy atom. The molecule has 4 nitrogen and oxygen atoms in total. The fourth-order valence-electron chi connectivity index (χ4n) is 3.38. The molecule has 0 radical (unpaired) electrons. The maximum absolute atomic E-state index is 12.4.